The third-order valence-electron chi connectivity index (χ3n) is 3.43. The molecule has 0 spiro atoms. The van der Waals surface area contributed by atoms with Gasteiger partial charge in [-0.05, 0) is 31.4 Å². The van der Waals surface area contributed by atoms with Crippen molar-refractivity contribution in [3.05, 3.63) is 40.4 Å². The lowest BCUT2D eigenvalue weighted by Crippen LogP contribution is -2.13. The summed E-state index contributed by atoms with van der Waals surface area (Å²) in [5, 5.41) is 4.63. The Balaban J connectivity index is 2.18. The van der Waals surface area contributed by atoms with Gasteiger partial charge in [0.25, 0.3) is 0 Å². The monoisotopic (exact) mass is 288 g/mol. The Morgan fingerprint density at radius 3 is 2.40 bits per heavy atom. The van der Waals surface area contributed by atoms with Crippen LogP contribution in [-0.4, -0.2) is 11.5 Å². The van der Waals surface area contributed by atoms with Crippen LogP contribution in [0.15, 0.2) is 24.3 Å². The van der Waals surface area contributed by atoms with Crippen LogP contribution >= 0.6 is 11.3 Å². The van der Waals surface area contributed by atoms with E-state index in [1.165, 1.54) is 28.1 Å². The van der Waals surface area contributed by atoms with E-state index in [4.69, 9.17) is 4.98 Å². The van der Waals surface area contributed by atoms with Crippen LogP contribution in [0.1, 0.15) is 43.3 Å². The topological polar surface area (TPSA) is 24.9 Å². The van der Waals surface area contributed by atoms with E-state index < -0.39 is 0 Å². The van der Waals surface area contributed by atoms with Crippen molar-refractivity contribution in [1.82, 2.24) is 10.3 Å². The molecule has 3 heteroatoms. The SMILES string of the molecule is CCCNCc1sc(-c2ccc(CC)cc2)nc1CC. The van der Waals surface area contributed by atoms with Crippen molar-refractivity contribution in [1.29, 1.82) is 0 Å². The maximum Gasteiger partial charge on any atom is 0.123 e. The fourth-order valence-corrected chi connectivity index (χ4v) is 3.31. The maximum atomic E-state index is 4.81. The molecule has 2 nitrogen and oxygen atoms in total. The van der Waals surface area contributed by atoms with Gasteiger partial charge in [0.05, 0.1) is 5.69 Å². The zero-order valence-electron chi connectivity index (χ0n) is 12.7. The van der Waals surface area contributed by atoms with Gasteiger partial charge in [-0.3, -0.25) is 0 Å². The second-order valence-electron chi connectivity index (χ2n) is 4.97. The lowest BCUT2D eigenvalue weighted by Gasteiger charge is -2.01. The highest BCUT2D eigenvalue weighted by Crippen LogP contribution is 2.28. The van der Waals surface area contributed by atoms with E-state index in [0.29, 0.717) is 0 Å². The summed E-state index contributed by atoms with van der Waals surface area (Å²) >= 11 is 1.83. The number of benzene rings is 1. The van der Waals surface area contributed by atoms with Crippen LogP contribution in [0.2, 0.25) is 0 Å². The molecule has 1 heterocycles. The molecule has 1 N–H and O–H groups in total. The standard InChI is InChI=1S/C17H24N2S/c1-4-11-18-12-16-15(6-3)19-17(20-16)14-9-7-13(5-2)8-10-14/h7-10,18H,4-6,11-12H2,1-3H3. The molecule has 0 bridgehead atoms. The molecule has 0 saturated carbocycles. The highest BCUT2D eigenvalue weighted by molar-refractivity contribution is 7.15. The van der Waals surface area contributed by atoms with Gasteiger partial charge in [0.15, 0.2) is 0 Å². The van der Waals surface area contributed by atoms with Crippen molar-refractivity contribution in [2.75, 3.05) is 6.54 Å². The number of aryl methyl sites for hydroxylation is 2. The molecule has 0 aliphatic rings. The van der Waals surface area contributed by atoms with E-state index in [-0.39, 0.29) is 0 Å². The Hall–Kier alpha value is -1.19. The van der Waals surface area contributed by atoms with Gasteiger partial charge in [-0.2, -0.15) is 0 Å². The quantitative estimate of drug-likeness (QED) is 0.762. The minimum absolute atomic E-state index is 0.946. The van der Waals surface area contributed by atoms with Crippen molar-refractivity contribution in [3.8, 4) is 10.6 Å². The van der Waals surface area contributed by atoms with Gasteiger partial charge >= 0.3 is 0 Å². The molecule has 0 aliphatic heterocycles. The van der Waals surface area contributed by atoms with Gasteiger partial charge in [0.2, 0.25) is 0 Å². The van der Waals surface area contributed by atoms with E-state index in [1.54, 1.807) is 0 Å². The minimum atomic E-state index is 0.946. The molecule has 0 radical (unpaired) electrons. The predicted molar refractivity (Wildman–Crippen MR) is 88.3 cm³/mol. The molecule has 0 aliphatic carbocycles. The van der Waals surface area contributed by atoms with Gasteiger partial charge in [0, 0.05) is 17.0 Å². The van der Waals surface area contributed by atoms with Gasteiger partial charge in [-0.15, -0.1) is 11.3 Å². The predicted octanol–water partition coefficient (Wildman–Crippen LogP) is 4.43. The molecule has 1 aromatic heterocycles. The van der Waals surface area contributed by atoms with Crippen LogP contribution in [0.5, 0.6) is 0 Å². The fraction of sp³-hybridized carbons (Fsp3) is 0.471. The van der Waals surface area contributed by atoms with Crippen LogP contribution < -0.4 is 5.32 Å². The average Bonchev–Trinajstić information content (AvgIpc) is 2.91. The van der Waals surface area contributed by atoms with Crippen molar-refractivity contribution in [3.63, 3.8) is 0 Å². The summed E-state index contributed by atoms with van der Waals surface area (Å²) in [7, 11) is 0. The Kier molecular flexibility index (Phi) is 5.74. The summed E-state index contributed by atoms with van der Waals surface area (Å²) in [4.78, 5) is 6.20. The summed E-state index contributed by atoms with van der Waals surface area (Å²) < 4.78 is 0. The Labute approximate surface area is 126 Å². The summed E-state index contributed by atoms with van der Waals surface area (Å²) in [5.74, 6) is 0. The number of aromatic nitrogens is 1. The van der Waals surface area contributed by atoms with Gasteiger partial charge < -0.3 is 5.32 Å². The van der Waals surface area contributed by atoms with Crippen LogP contribution in [-0.2, 0) is 19.4 Å². The third kappa shape index (κ3) is 3.68. The van der Waals surface area contributed by atoms with Crippen LogP contribution in [0.4, 0.5) is 0 Å². The molecular weight excluding hydrogens is 264 g/mol. The molecule has 0 unspecified atom stereocenters. The summed E-state index contributed by atoms with van der Waals surface area (Å²) in [6, 6.07) is 8.80. The van der Waals surface area contributed by atoms with Crippen molar-refractivity contribution in [2.45, 2.75) is 46.6 Å². The van der Waals surface area contributed by atoms with Gasteiger partial charge in [-0.1, -0.05) is 45.0 Å². The van der Waals surface area contributed by atoms with Gasteiger partial charge in [0.1, 0.15) is 5.01 Å². The Morgan fingerprint density at radius 1 is 1.05 bits per heavy atom. The van der Waals surface area contributed by atoms with Gasteiger partial charge in [-0.25, -0.2) is 4.98 Å². The lowest BCUT2D eigenvalue weighted by atomic mass is 10.1. The molecule has 20 heavy (non-hydrogen) atoms. The first-order valence-electron chi connectivity index (χ1n) is 7.57. The normalized spacial score (nSPS) is 10.9. The number of hydrogen-bond acceptors (Lipinski definition) is 3. The molecule has 108 valence electrons. The van der Waals surface area contributed by atoms with Crippen molar-refractivity contribution >= 4 is 11.3 Å². The number of thiazole rings is 1. The van der Waals surface area contributed by atoms with Crippen LogP contribution in [0.3, 0.4) is 0 Å². The molecule has 1 aromatic carbocycles. The zero-order chi connectivity index (χ0) is 14.4. The molecule has 0 fully saturated rings. The van der Waals surface area contributed by atoms with Crippen molar-refractivity contribution < 1.29 is 0 Å². The second kappa shape index (κ2) is 7.55. The maximum absolute atomic E-state index is 4.81. The summed E-state index contributed by atoms with van der Waals surface area (Å²) in [5.41, 5.74) is 3.86. The lowest BCUT2D eigenvalue weighted by molar-refractivity contribution is 0.677. The van der Waals surface area contributed by atoms with E-state index in [2.05, 4.69) is 50.4 Å². The van der Waals surface area contributed by atoms with E-state index in [9.17, 15) is 0 Å². The molecule has 0 atom stereocenters. The first-order chi connectivity index (χ1) is 9.78. The molecule has 2 rings (SSSR count). The summed E-state index contributed by atoms with van der Waals surface area (Å²) in [6.45, 7) is 8.58. The van der Waals surface area contributed by atoms with Crippen LogP contribution in [0.25, 0.3) is 10.6 Å². The molecule has 0 saturated heterocycles. The first kappa shape index (κ1) is 15.2. The Bertz CT molecular complexity index is 528. The molecule has 0 amide bonds. The number of hydrogen-bond donors (Lipinski definition) is 1. The third-order valence-corrected chi connectivity index (χ3v) is 4.58. The average molecular weight is 288 g/mol. The van der Waals surface area contributed by atoms with E-state index in [0.717, 1.165) is 30.9 Å². The first-order valence-corrected chi connectivity index (χ1v) is 8.38. The fourth-order valence-electron chi connectivity index (χ4n) is 2.18. The molecular formula is C17H24N2S. The van der Waals surface area contributed by atoms with Crippen LogP contribution in [0, 0.1) is 0 Å². The highest BCUT2D eigenvalue weighted by atomic mass is 32.1. The van der Waals surface area contributed by atoms with E-state index in [1.807, 2.05) is 11.3 Å². The Morgan fingerprint density at radius 2 is 1.80 bits per heavy atom. The molecule has 2 aromatic rings. The largest absolute Gasteiger partial charge is 0.312 e. The number of nitrogens with zero attached hydrogens (tertiary/aromatic N) is 1. The second-order valence-corrected chi connectivity index (χ2v) is 6.05. The minimum Gasteiger partial charge on any atom is -0.312 e. The zero-order valence-corrected chi connectivity index (χ0v) is 13.5. The van der Waals surface area contributed by atoms with Crippen molar-refractivity contribution in [2.24, 2.45) is 0 Å². The number of rotatable bonds is 7. The highest BCUT2D eigenvalue weighted by Gasteiger charge is 2.10. The van der Waals surface area contributed by atoms with E-state index >= 15 is 0 Å². The smallest absolute Gasteiger partial charge is 0.123 e. The number of nitrogens with one attached hydrogen (secondary N) is 1. The summed E-state index contributed by atoms with van der Waals surface area (Å²) in [6.07, 6.45) is 3.27.